The maximum Gasteiger partial charge on any atom is 0.270 e. The number of amides is 1. The number of ether oxygens (including phenoxy) is 1. The fraction of sp³-hybridized carbons (Fsp3) is 0.545. The number of likely N-dealkylation sites (N-methyl/N-ethyl adjacent to an activating group) is 1. The van der Waals surface area contributed by atoms with Gasteiger partial charge in [-0.25, -0.2) is 0 Å². The van der Waals surface area contributed by atoms with Gasteiger partial charge in [-0.15, -0.1) is 0 Å². The third kappa shape index (κ3) is 4.76. The third-order valence-electron chi connectivity index (χ3n) is 5.97. The Kier molecular flexibility index (Phi) is 8.11. The van der Waals surface area contributed by atoms with Gasteiger partial charge in [-0.2, -0.15) is 5.26 Å². The Balaban J connectivity index is 2.05. The Morgan fingerprint density at radius 1 is 1.25 bits per heavy atom. The Labute approximate surface area is 198 Å². The van der Waals surface area contributed by atoms with Crippen LogP contribution in [-0.4, -0.2) is 77.6 Å². The van der Waals surface area contributed by atoms with E-state index in [-0.39, 0.29) is 17.0 Å². The molecular formula is C22H29N5O3S2. The first-order valence-electron chi connectivity index (χ1n) is 10.7. The van der Waals surface area contributed by atoms with Gasteiger partial charge in [0.05, 0.1) is 4.91 Å². The summed E-state index contributed by atoms with van der Waals surface area (Å²) < 4.78 is 7.14. The number of thiocarbonyl (C=S) groups is 1. The van der Waals surface area contributed by atoms with Crippen LogP contribution < -0.4 is 10.5 Å². The highest BCUT2D eigenvalue weighted by Gasteiger charge is 2.33. The lowest BCUT2D eigenvalue weighted by Crippen LogP contribution is -2.48. The molecular weight excluding hydrogens is 446 g/mol. The summed E-state index contributed by atoms with van der Waals surface area (Å²) in [4.78, 5) is 32.6. The summed E-state index contributed by atoms with van der Waals surface area (Å²) in [6, 6.07) is 2.05. The van der Waals surface area contributed by atoms with Gasteiger partial charge in [0, 0.05) is 59.1 Å². The van der Waals surface area contributed by atoms with Gasteiger partial charge in [-0.1, -0.05) is 30.9 Å². The highest BCUT2D eigenvalue weighted by Crippen LogP contribution is 2.35. The van der Waals surface area contributed by atoms with Gasteiger partial charge in [0.25, 0.3) is 11.5 Å². The molecule has 1 aromatic heterocycles. The van der Waals surface area contributed by atoms with Crippen LogP contribution >= 0.6 is 24.0 Å². The van der Waals surface area contributed by atoms with Gasteiger partial charge in [0.15, 0.2) is 0 Å². The molecule has 0 radical (unpaired) electrons. The van der Waals surface area contributed by atoms with E-state index >= 15 is 0 Å². The Bertz CT molecular complexity index is 1040. The summed E-state index contributed by atoms with van der Waals surface area (Å²) in [6.07, 6.45) is 2.49. The normalized spacial score (nSPS) is 18.7. The van der Waals surface area contributed by atoms with Crippen LogP contribution in [0.15, 0.2) is 9.70 Å². The molecule has 0 aromatic carbocycles. The molecule has 0 N–H and O–H groups in total. The molecule has 0 saturated carbocycles. The molecule has 0 atom stereocenters. The lowest BCUT2D eigenvalue weighted by atomic mass is 10.0. The number of hydrogen-bond acceptors (Lipinski definition) is 8. The van der Waals surface area contributed by atoms with E-state index in [4.69, 9.17) is 17.0 Å². The molecule has 8 nitrogen and oxygen atoms in total. The quantitative estimate of drug-likeness (QED) is 0.336. The van der Waals surface area contributed by atoms with Crippen LogP contribution in [0.5, 0.6) is 0 Å². The summed E-state index contributed by atoms with van der Waals surface area (Å²) >= 11 is 6.69. The van der Waals surface area contributed by atoms with E-state index in [9.17, 15) is 14.9 Å². The zero-order valence-electron chi connectivity index (χ0n) is 19.0. The maximum atomic E-state index is 13.1. The van der Waals surface area contributed by atoms with Crippen LogP contribution in [0.1, 0.15) is 30.0 Å². The first-order chi connectivity index (χ1) is 15.3. The SMILES string of the molecule is CCN1CCN(c2c(/C=C3/SC(=S)N(CCCOC)C3=O)c(C)c(C#N)c(=O)n2C)CC1. The highest BCUT2D eigenvalue weighted by molar-refractivity contribution is 8.26. The smallest absolute Gasteiger partial charge is 0.270 e. The zero-order valence-corrected chi connectivity index (χ0v) is 20.6. The first-order valence-corrected chi connectivity index (χ1v) is 11.9. The third-order valence-corrected chi connectivity index (χ3v) is 7.34. The van der Waals surface area contributed by atoms with Crippen molar-refractivity contribution in [3.8, 4) is 6.07 Å². The van der Waals surface area contributed by atoms with Crippen molar-refractivity contribution >= 4 is 46.1 Å². The Morgan fingerprint density at radius 2 is 1.94 bits per heavy atom. The van der Waals surface area contributed by atoms with Crippen molar-refractivity contribution in [2.24, 2.45) is 7.05 Å². The van der Waals surface area contributed by atoms with Crippen molar-refractivity contribution in [2.75, 3.05) is 57.9 Å². The summed E-state index contributed by atoms with van der Waals surface area (Å²) in [6.45, 7) is 9.27. The number of hydrogen-bond donors (Lipinski definition) is 0. The lowest BCUT2D eigenvalue weighted by Gasteiger charge is -2.37. The molecule has 32 heavy (non-hydrogen) atoms. The van der Waals surface area contributed by atoms with Crippen molar-refractivity contribution in [3.63, 3.8) is 0 Å². The fourth-order valence-corrected chi connectivity index (χ4v) is 5.35. The number of piperazine rings is 1. The maximum absolute atomic E-state index is 13.1. The summed E-state index contributed by atoms with van der Waals surface area (Å²) in [5, 5.41) is 9.62. The zero-order chi connectivity index (χ0) is 23.4. The molecule has 2 fully saturated rings. The van der Waals surface area contributed by atoms with E-state index < -0.39 is 0 Å². The second kappa shape index (κ2) is 10.6. The number of anilines is 1. The number of carbonyl (C=O) groups excluding carboxylic acids is 1. The topological polar surface area (TPSA) is 81.8 Å². The number of methoxy groups -OCH3 is 1. The largest absolute Gasteiger partial charge is 0.385 e. The van der Waals surface area contributed by atoms with Crippen LogP contribution in [0.4, 0.5) is 5.82 Å². The molecule has 0 spiro atoms. The highest BCUT2D eigenvalue weighted by atomic mass is 32.2. The van der Waals surface area contributed by atoms with E-state index in [1.165, 1.54) is 11.8 Å². The van der Waals surface area contributed by atoms with E-state index in [1.54, 1.807) is 36.6 Å². The molecule has 2 aliphatic heterocycles. The van der Waals surface area contributed by atoms with Crippen molar-refractivity contribution < 1.29 is 9.53 Å². The second-order valence-corrected chi connectivity index (χ2v) is 9.49. The number of nitriles is 1. The molecule has 10 heteroatoms. The van der Waals surface area contributed by atoms with Gasteiger partial charge in [-0.3, -0.25) is 19.1 Å². The first kappa shape index (κ1) is 24.5. The average Bonchev–Trinajstić information content (AvgIpc) is 3.05. The molecule has 2 aliphatic rings. The minimum Gasteiger partial charge on any atom is -0.385 e. The van der Waals surface area contributed by atoms with Crippen molar-refractivity contribution in [1.29, 1.82) is 5.26 Å². The van der Waals surface area contributed by atoms with Crippen LogP contribution in [-0.2, 0) is 16.6 Å². The molecule has 3 heterocycles. The molecule has 1 aromatic rings. The van der Waals surface area contributed by atoms with E-state index in [0.29, 0.717) is 34.4 Å². The van der Waals surface area contributed by atoms with Crippen LogP contribution in [0.25, 0.3) is 6.08 Å². The number of pyridine rings is 1. The summed E-state index contributed by atoms with van der Waals surface area (Å²) in [5.41, 5.74) is 1.10. The fourth-order valence-electron chi connectivity index (χ4n) is 4.06. The molecule has 0 aliphatic carbocycles. The van der Waals surface area contributed by atoms with Gasteiger partial charge in [0.1, 0.15) is 21.8 Å². The predicted octanol–water partition coefficient (Wildman–Crippen LogP) is 1.94. The van der Waals surface area contributed by atoms with E-state index in [1.807, 2.05) is 6.07 Å². The molecule has 1 amide bonds. The van der Waals surface area contributed by atoms with Gasteiger partial charge < -0.3 is 14.5 Å². The molecule has 0 bridgehead atoms. The standard InChI is InChI=1S/C22H29N5O3S2/c1-5-25-8-10-26(11-9-25)19-16(15(2)17(14-23)20(28)24(19)3)13-18-21(29)27(22(31)32-18)7-6-12-30-4/h13H,5-12H2,1-4H3/b18-13+. The summed E-state index contributed by atoms with van der Waals surface area (Å²) in [5.74, 6) is 0.594. The molecule has 172 valence electrons. The number of rotatable bonds is 7. The van der Waals surface area contributed by atoms with E-state index in [2.05, 4.69) is 16.7 Å². The average molecular weight is 476 g/mol. The minimum absolute atomic E-state index is 0.102. The monoisotopic (exact) mass is 475 g/mol. The van der Waals surface area contributed by atoms with Crippen molar-refractivity contribution in [2.45, 2.75) is 20.3 Å². The van der Waals surface area contributed by atoms with E-state index in [0.717, 1.165) is 44.1 Å². The van der Waals surface area contributed by atoms with Crippen molar-refractivity contribution in [1.82, 2.24) is 14.4 Å². The Morgan fingerprint density at radius 3 is 2.53 bits per heavy atom. The van der Waals surface area contributed by atoms with Gasteiger partial charge in [0.2, 0.25) is 0 Å². The molecule has 0 unspecified atom stereocenters. The second-order valence-electron chi connectivity index (χ2n) is 7.81. The number of aromatic nitrogens is 1. The van der Waals surface area contributed by atoms with Gasteiger partial charge in [-0.05, 0) is 31.5 Å². The van der Waals surface area contributed by atoms with Crippen LogP contribution in [0, 0.1) is 18.3 Å². The summed E-state index contributed by atoms with van der Waals surface area (Å²) in [7, 11) is 3.32. The molecule has 3 rings (SSSR count). The lowest BCUT2D eigenvalue weighted by molar-refractivity contribution is -0.122. The van der Waals surface area contributed by atoms with Crippen LogP contribution in [0.2, 0.25) is 0 Å². The van der Waals surface area contributed by atoms with Crippen molar-refractivity contribution in [3.05, 3.63) is 31.9 Å². The minimum atomic E-state index is -0.317. The van der Waals surface area contributed by atoms with Crippen LogP contribution in [0.3, 0.4) is 0 Å². The Hall–Kier alpha value is -2.19. The number of thioether (sulfide) groups is 1. The van der Waals surface area contributed by atoms with Gasteiger partial charge >= 0.3 is 0 Å². The number of carbonyl (C=O) groups is 1. The predicted molar refractivity (Wildman–Crippen MR) is 132 cm³/mol. The number of nitrogens with zero attached hydrogens (tertiary/aromatic N) is 5. The molecule has 2 saturated heterocycles.